The largest absolute Gasteiger partial charge is 0.399 e. The molecule has 0 radical (unpaired) electrons. The molecule has 1 amide bonds. The number of imidazole rings is 1. The highest BCUT2D eigenvalue weighted by Gasteiger charge is 2.30. The maximum Gasteiger partial charge on any atom is 0.254 e. The van der Waals surface area contributed by atoms with Crippen LogP contribution in [0.2, 0.25) is 0 Å². The van der Waals surface area contributed by atoms with Crippen molar-refractivity contribution in [3.05, 3.63) is 30.7 Å². The van der Waals surface area contributed by atoms with Crippen molar-refractivity contribution in [2.75, 3.05) is 11.1 Å². The fourth-order valence-corrected chi connectivity index (χ4v) is 2.45. The Morgan fingerprint density at radius 2 is 2.17 bits per heavy atom. The second kappa shape index (κ2) is 5.44. The van der Waals surface area contributed by atoms with E-state index < -0.39 is 0 Å². The molecule has 0 spiro atoms. The van der Waals surface area contributed by atoms with Crippen LogP contribution in [0.25, 0.3) is 11.0 Å². The Hall–Kier alpha value is -3.23. The molecule has 24 heavy (non-hydrogen) atoms. The highest BCUT2D eigenvalue weighted by atomic mass is 16.2. The summed E-state index contributed by atoms with van der Waals surface area (Å²) in [6.45, 7) is -0.0118. The molecule has 1 aliphatic carbocycles. The lowest BCUT2D eigenvalue weighted by molar-refractivity contribution is -0.117. The van der Waals surface area contributed by atoms with Crippen LogP contribution in [-0.2, 0) is 11.3 Å². The lowest BCUT2D eigenvalue weighted by atomic mass is 10.3. The van der Waals surface area contributed by atoms with Gasteiger partial charge in [-0.05, 0) is 31.0 Å². The predicted octanol–water partition coefficient (Wildman–Crippen LogP) is 0.899. The summed E-state index contributed by atoms with van der Waals surface area (Å²) in [6.07, 6.45) is 4.82. The zero-order valence-electron chi connectivity index (χ0n) is 12.7. The monoisotopic (exact) mass is 325 g/mol. The molecule has 1 aromatic carbocycles. The first kappa shape index (κ1) is 14.4. The number of anilines is 2. The Bertz CT molecular complexity index is 938. The maximum atomic E-state index is 12.4. The van der Waals surface area contributed by atoms with Gasteiger partial charge in [-0.3, -0.25) is 14.2 Å². The summed E-state index contributed by atoms with van der Waals surface area (Å²) < 4.78 is 2.83. The standard InChI is InChI=1S/C15H15N7O2/c16-10-3-4-12-11(5-10)17-8-22(12)14(23)7-21-6-13(19-20-21)18-15(24)9-1-2-9/h3-6,8-9H,1-2,7,16H2,(H,18,24). The zero-order valence-corrected chi connectivity index (χ0v) is 12.7. The number of nitrogens with zero attached hydrogens (tertiary/aromatic N) is 5. The van der Waals surface area contributed by atoms with Crippen molar-refractivity contribution in [1.82, 2.24) is 24.5 Å². The molecule has 3 aromatic rings. The minimum atomic E-state index is -0.216. The molecule has 9 nitrogen and oxygen atoms in total. The number of fused-ring (bicyclic) bond motifs is 1. The third-order valence-corrected chi connectivity index (χ3v) is 3.88. The summed E-state index contributed by atoms with van der Waals surface area (Å²) >= 11 is 0. The zero-order chi connectivity index (χ0) is 16.7. The number of amides is 1. The molecule has 2 heterocycles. The van der Waals surface area contributed by atoms with Crippen LogP contribution < -0.4 is 11.1 Å². The van der Waals surface area contributed by atoms with Crippen LogP contribution in [0, 0.1) is 5.92 Å². The number of nitrogens with two attached hydrogens (primary N) is 1. The van der Waals surface area contributed by atoms with E-state index in [1.807, 2.05) is 0 Å². The number of rotatable bonds is 4. The molecule has 0 bridgehead atoms. The van der Waals surface area contributed by atoms with Crippen LogP contribution in [0.3, 0.4) is 0 Å². The van der Waals surface area contributed by atoms with Gasteiger partial charge in [0.15, 0.2) is 5.82 Å². The number of aromatic nitrogens is 5. The first-order valence-corrected chi connectivity index (χ1v) is 7.57. The van der Waals surface area contributed by atoms with Gasteiger partial charge in [-0.2, -0.15) is 0 Å². The number of hydrogen-bond donors (Lipinski definition) is 2. The highest BCUT2D eigenvalue weighted by Crippen LogP contribution is 2.29. The van der Waals surface area contributed by atoms with Gasteiger partial charge in [0.25, 0.3) is 5.91 Å². The van der Waals surface area contributed by atoms with E-state index in [0.717, 1.165) is 12.8 Å². The molecule has 2 aromatic heterocycles. The van der Waals surface area contributed by atoms with Crippen LogP contribution in [0.1, 0.15) is 17.6 Å². The fraction of sp³-hybridized carbons (Fsp3) is 0.267. The summed E-state index contributed by atoms with van der Waals surface area (Å²) in [5.74, 6) is 0.170. The summed E-state index contributed by atoms with van der Waals surface area (Å²) in [5.41, 5.74) is 7.63. The van der Waals surface area contributed by atoms with E-state index in [1.165, 1.54) is 21.8 Å². The van der Waals surface area contributed by atoms with Gasteiger partial charge < -0.3 is 11.1 Å². The van der Waals surface area contributed by atoms with E-state index in [9.17, 15) is 9.59 Å². The van der Waals surface area contributed by atoms with Crippen molar-refractivity contribution in [3.63, 3.8) is 0 Å². The van der Waals surface area contributed by atoms with Crippen LogP contribution in [0.15, 0.2) is 30.7 Å². The van der Waals surface area contributed by atoms with E-state index in [-0.39, 0.29) is 24.3 Å². The summed E-state index contributed by atoms with van der Waals surface area (Å²) in [7, 11) is 0. The molecule has 1 saturated carbocycles. The average molecular weight is 325 g/mol. The number of carbonyl (C=O) groups excluding carboxylic acids is 2. The first-order chi connectivity index (χ1) is 11.6. The average Bonchev–Trinajstić information content (AvgIpc) is 3.19. The van der Waals surface area contributed by atoms with Crippen molar-refractivity contribution in [1.29, 1.82) is 0 Å². The fourth-order valence-electron chi connectivity index (χ4n) is 2.45. The molecule has 1 aliphatic rings. The van der Waals surface area contributed by atoms with E-state index >= 15 is 0 Å². The molecule has 0 aliphatic heterocycles. The minimum Gasteiger partial charge on any atom is -0.399 e. The van der Waals surface area contributed by atoms with Crippen molar-refractivity contribution < 1.29 is 9.59 Å². The third-order valence-electron chi connectivity index (χ3n) is 3.88. The molecule has 122 valence electrons. The maximum absolute atomic E-state index is 12.4. The van der Waals surface area contributed by atoms with E-state index in [0.29, 0.717) is 22.5 Å². The SMILES string of the molecule is Nc1ccc2c(c1)ncn2C(=O)Cn1cc(NC(=O)C2CC2)nn1. The molecule has 0 unspecified atom stereocenters. The normalized spacial score (nSPS) is 14.0. The van der Waals surface area contributed by atoms with Gasteiger partial charge in [-0.15, -0.1) is 5.10 Å². The van der Waals surface area contributed by atoms with Gasteiger partial charge in [0.2, 0.25) is 5.91 Å². The van der Waals surface area contributed by atoms with Gasteiger partial charge in [0.1, 0.15) is 12.9 Å². The van der Waals surface area contributed by atoms with E-state index in [4.69, 9.17) is 5.73 Å². The second-order valence-corrected chi connectivity index (χ2v) is 5.82. The van der Waals surface area contributed by atoms with Gasteiger partial charge in [0.05, 0.1) is 17.2 Å². The number of carbonyl (C=O) groups is 2. The van der Waals surface area contributed by atoms with Gasteiger partial charge in [0, 0.05) is 11.6 Å². The van der Waals surface area contributed by atoms with Crippen LogP contribution >= 0.6 is 0 Å². The number of benzene rings is 1. The number of nitrogen functional groups attached to an aromatic ring is 1. The van der Waals surface area contributed by atoms with Gasteiger partial charge in [-0.25, -0.2) is 9.67 Å². The van der Waals surface area contributed by atoms with Crippen LogP contribution in [-0.4, -0.2) is 36.4 Å². The Morgan fingerprint density at radius 3 is 2.96 bits per heavy atom. The molecule has 0 saturated heterocycles. The lowest BCUT2D eigenvalue weighted by Crippen LogP contribution is -2.17. The lowest BCUT2D eigenvalue weighted by Gasteiger charge is -2.03. The molecule has 1 fully saturated rings. The van der Waals surface area contributed by atoms with E-state index in [2.05, 4.69) is 20.6 Å². The molecule has 3 N–H and O–H groups in total. The van der Waals surface area contributed by atoms with E-state index in [1.54, 1.807) is 18.2 Å². The highest BCUT2D eigenvalue weighted by molar-refractivity contribution is 5.93. The van der Waals surface area contributed by atoms with Crippen LogP contribution in [0.5, 0.6) is 0 Å². The summed E-state index contributed by atoms with van der Waals surface area (Å²) in [4.78, 5) is 28.3. The van der Waals surface area contributed by atoms with Gasteiger partial charge in [-0.1, -0.05) is 5.21 Å². The Balaban J connectivity index is 1.49. The topological polar surface area (TPSA) is 121 Å². The van der Waals surface area contributed by atoms with Crippen molar-refractivity contribution >= 4 is 34.4 Å². The smallest absolute Gasteiger partial charge is 0.254 e. The van der Waals surface area contributed by atoms with Crippen molar-refractivity contribution in [2.24, 2.45) is 5.92 Å². The van der Waals surface area contributed by atoms with Crippen molar-refractivity contribution in [2.45, 2.75) is 19.4 Å². The van der Waals surface area contributed by atoms with Gasteiger partial charge >= 0.3 is 0 Å². The second-order valence-electron chi connectivity index (χ2n) is 5.82. The summed E-state index contributed by atoms with van der Waals surface area (Å²) in [6, 6.07) is 5.17. The molecule has 0 atom stereocenters. The molecule has 4 rings (SSSR count). The summed E-state index contributed by atoms with van der Waals surface area (Å²) in [5, 5.41) is 10.4. The molecular weight excluding hydrogens is 310 g/mol. The Kier molecular flexibility index (Phi) is 3.26. The first-order valence-electron chi connectivity index (χ1n) is 7.57. The van der Waals surface area contributed by atoms with Crippen molar-refractivity contribution in [3.8, 4) is 0 Å². The number of nitrogens with one attached hydrogen (secondary N) is 1. The predicted molar refractivity (Wildman–Crippen MR) is 86.1 cm³/mol. The quantitative estimate of drug-likeness (QED) is 0.687. The third kappa shape index (κ3) is 2.71. The molecular formula is C15H15N7O2. The minimum absolute atomic E-state index is 0.0118. The Morgan fingerprint density at radius 1 is 1.33 bits per heavy atom. The molecule has 9 heteroatoms. The van der Waals surface area contributed by atoms with Crippen LogP contribution in [0.4, 0.5) is 11.5 Å². The number of hydrogen-bond acceptors (Lipinski definition) is 6. The Labute approximate surface area is 136 Å².